The summed E-state index contributed by atoms with van der Waals surface area (Å²) in [5.74, 6) is 0. The Labute approximate surface area is 120 Å². The highest BCUT2D eigenvalue weighted by molar-refractivity contribution is 7.89. The van der Waals surface area contributed by atoms with Gasteiger partial charge in [0.25, 0.3) is 0 Å². The Balaban J connectivity index is 2.28. The molecule has 5 nitrogen and oxygen atoms in total. The van der Waals surface area contributed by atoms with Crippen molar-refractivity contribution in [2.75, 3.05) is 25.5 Å². The first kappa shape index (κ1) is 15.3. The Morgan fingerprint density at radius 1 is 1.30 bits per heavy atom. The fourth-order valence-electron chi connectivity index (χ4n) is 2.83. The number of aliphatic hydroxyl groups is 1. The fourth-order valence-corrected chi connectivity index (χ4v) is 3.80. The molecule has 1 aromatic carbocycles. The van der Waals surface area contributed by atoms with E-state index in [1.54, 1.807) is 24.3 Å². The average Bonchev–Trinajstić information content (AvgIpc) is 2.85. The fraction of sp³-hybridized carbons (Fsp3) is 0.571. The van der Waals surface area contributed by atoms with E-state index >= 15 is 0 Å². The Bertz CT molecular complexity index is 566. The summed E-state index contributed by atoms with van der Waals surface area (Å²) in [7, 11) is -0.281. The second-order valence-corrected chi connectivity index (χ2v) is 7.32. The lowest BCUT2D eigenvalue weighted by Gasteiger charge is -2.31. The first-order valence-electron chi connectivity index (χ1n) is 6.84. The van der Waals surface area contributed by atoms with Gasteiger partial charge in [0.1, 0.15) is 4.90 Å². The van der Waals surface area contributed by atoms with Gasteiger partial charge in [-0.05, 0) is 32.0 Å². The van der Waals surface area contributed by atoms with Crippen LogP contribution in [0.2, 0.25) is 0 Å². The van der Waals surface area contributed by atoms with E-state index in [1.807, 2.05) is 11.9 Å². The third kappa shape index (κ3) is 3.13. The molecule has 0 radical (unpaired) electrons. The number of nitrogens with one attached hydrogen (secondary N) is 1. The molecule has 1 aliphatic rings. The third-order valence-electron chi connectivity index (χ3n) is 3.90. The van der Waals surface area contributed by atoms with Crippen LogP contribution in [0.15, 0.2) is 29.2 Å². The molecule has 2 N–H and O–H groups in total. The van der Waals surface area contributed by atoms with E-state index in [-0.39, 0.29) is 4.90 Å². The number of benzene rings is 1. The first-order valence-corrected chi connectivity index (χ1v) is 8.32. The van der Waals surface area contributed by atoms with Gasteiger partial charge in [-0.1, -0.05) is 25.0 Å². The van der Waals surface area contributed by atoms with Gasteiger partial charge in [0.05, 0.1) is 11.3 Å². The highest BCUT2D eigenvalue weighted by Crippen LogP contribution is 2.32. The predicted octanol–water partition coefficient (Wildman–Crippen LogP) is 1.34. The minimum absolute atomic E-state index is 0.242. The van der Waals surface area contributed by atoms with E-state index in [0.29, 0.717) is 12.2 Å². The number of rotatable bonds is 5. The van der Waals surface area contributed by atoms with Gasteiger partial charge >= 0.3 is 0 Å². The molecule has 0 amide bonds. The molecule has 0 aromatic heterocycles. The molecule has 1 aromatic rings. The van der Waals surface area contributed by atoms with Gasteiger partial charge in [-0.3, -0.25) is 0 Å². The quantitative estimate of drug-likeness (QED) is 0.860. The lowest BCUT2D eigenvalue weighted by atomic mass is 10.0. The van der Waals surface area contributed by atoms with Crippen LogP contribution >= 0.6 is 0 Å². The summed E-state index contributed by atoms with van der Waals surface area (Å²) in [4.78, 5) is 2.07. The molecule has 0 atom stereocenters. The number of nitrogens with zero attached hydrogens (tertiary/aromatic N) is 1. The van der Waals surface area contributed by atoms with Crippen molar-refractivity contribution in [1.82, 2.24) is 4.72 Å². The van der Waals surface area contributed by atoms with E-state index in [0.717, 1.165) is 25.7 Å². The Morgan fingerprint density at radius 2 is 1.90 bits per heavy atom. The lowest BCUT2D eigenvalue weighted by molar-refractivity contribution is 0.0558. The van der Waals surface area contributed by atoms with Crippen LogP contribution < -0.4 is 9.62 Å². The molecular weight excluding hydrogens is 276 g/mol. The summed E-state index contributed by atoms with van der Waals surface area (Å²) >= 11 is 0. The second-order valence-electron chi connectivity index (χ2n) is 5.46. The van der Waals surface area contributed by atoms with Crippen LogP contribution in [0.25, 0.3) is 0 Å². The number of hydrogen-bond donors (Lipinski definition) is 2. The molecule has 0 unspecified atom stereocenters. The molecular formula is C14H22N2O3S. The summed E-state index contributed by atoms with van der Waals surface area (Å²) in [6.07, 6.45) is 3.61. The van der Waals surface area contributed by atoms with Crippen molar-refractivity contribution in [3.05, 3.63) is 24.3 Å². The summed E-state index contributed by atoms with van der Waals surface area (Å²) < 4.78 is 26.4. The van der Waals surface area contributed by atoms with Crippen molar-refractivity contribution in [1.29, 1.82) is 0 Å². The molecule has 0 heterocycles. The van der Waals surface area contributed by atoms with Gasteiger partial charge in [-0.25, -0.2) is 13.1 Å². The van der Waals surface area contributed by atoms with E-state index in [9.17, 15) is 13.5 Å². The number of para-hydroxylation sites is 1. The largest absolute Gasteiger partial charge is 0.388 e. The van der Waals surface area contributed by atoms with Gasteiger partial charge < -0.3 is 10.0 Å². The maximum atomic E-state index is 12.0. The zero-order valence-corrected chi connectivity index (χ0v) is 12.8. The first-order chi connectivity index (χ1) is 9.38. The standard InChI is InChI=1S/C14H22N2O3S/c1-15-20(18,19)13-8-4-3-7-12(13)16(2)11-14(17)9-5-6-10-14/h3-4,7-8,15,17H,5-6,9-11H2,1-2H3. The van der Waals surface area contributed by atoms with Crippen molar-refractivity contribution in [2.24, 2.45) is 0 Å². The van der Waals surface area contributed by atoms with Gasteiger partial charge in [-0.2, -0.15) is 0 Å². The van der Waals surface area contributed by atoms with Gasteiger partial charge in [0.2, 0.25) is 10.0 Å². The molecule has 0 spiro atoms. The van der Waals surface area contributed by atoms with Crippen LogP contribution in [0.4, 0.5) is 5.69 Å². The summed E-state index contributed by atoms with van der Waals surface area (Å²) in [6, 6.07) is 6.85. The highest BCUT2D eigenvalue weighted by Gasteiger charge is 2.33. The Kier molecular flexibility index (Phi) is 4.36. The molecule has 0 bridgehead atoms. The van der Waals surface area contributed by atoms with E-state index in [4.69, 9.17) is 0 Å². The van der Waals surface area contributed by atoms with Crippen LogP contribution in [-0.4, -0.2) is 39.8 Å². The molecule has 0 aliphatic heterocycles. The SMILES string of the molecule is CNS(=O)(=O)c1ccccc1N(C)CC1(O)CCCC1. The van der Waals surface area contributed by atoms with Crippen molar-refractivity contribution < 1.29 is 13.5 Å². The predicted molar refractivity (Wildman–Crippen MR) is 79.4 cm³/mol. The van der Waals surface area contributed by atoms with Gasteiger partial charge in [0.15, 0.2) is 0 Å². The van der Waals surface area contributed by atoms with Crippen molar-refractivity contribution in [3.8, 4) is 0 Å². The van der Waals surface area contributed by atoms with E-state index < -0.39 is 15.6 Å². The van der Waals surface area contributed by atoms with Crippen LogP contribution in [0.5, 0.6) is 0 Å². The average molecular weight is 298 g/mol. The minimum atomic E-state index is -3.50. The molecule has 1 fully saturated rings. The zero-order valence-electron chi connectivity index (χ0n) is 12.0. The third-order valence-corrected chi connectivity index (χ3v) is 5.36. The number of likely N-dealkylation sites (N-methyl/N-ethyl adjacent to an activating group) is 1. The van der Waals surface area contributed by atoms with Crippen LogP contribution in [0, 0.1) is 0 Å². The maximum absolute atomic E-state index is 12.0. The molecule has 1 saturated carbocycles. The topological polar surface area (TPSA) is 69.6 Å². The number of sulfonamides is 1. The molecule has 6 heteroatoms. The van der Waals surface area contributed by atoms with Gasteiger partial charge in [0, 0.05) is 13.6 Å². The van der Waals surface area contributed by atoms with Crippen molar-refractivity contribution >= 4 is 15.7 Å². The Morgan fingerprint density at radius 3 is 2.50 bits per heavy atom. The molecule has 20 heavy (non-hydrogen) atoms. The second kappa shape index (κ2) is 5.71. The minimum Gasteiger partial charge on any atom is -0.388 e. The van der Waals surface area contributed by atoms with E-state index in [2.05, 4.69) is 4.72 Å². The van der Waals surface area contributed by atoms with Crippen LogP contribution in [-0.2, 0) is 10.0 Å². The Hall–Kier alpha value is -1.11. The zero-order chi connectivity index (χ0) is 14.8. The van der Waals surface area contributed by atoms with Crippen molar-refractivity contribution in [2.45, 2.75) is 36.2 Å². The van der Waals surface area contributed by atoms with Crippen molar-refractivity contribution in [3.63, 3.8) is 0 Å². The lowest BCUT2D eigenvalue weighted by Crippen LogP contribution is -2.40. The normalized spacial score (nSPS) is 18.1. The number of hydrogen-bond acceptors (Lipinski definition) is 4. The smallest absolute Gasteiger partial charge is 0.242 e. The van der Waals surface area contributed by atoms with E-state index in [1.165, 1.54) is 7.05 Å². The molecule has 2 rings (SSSR count). The van der Waals surface area contributed by atoms with Gasteiger partial charge in [-0.15, -0.1) is 0 Å². The van der Waals surface area contributed by atoms with Crippen LogP contribution in [0.3, 0.4) is 0 Å². The maximum Gasteiger partial charge on any atom is 0.242 e. The highest BCUT2D eigenvalue weighted by atomic mass is 32.2. The summed E-state index contributed by atoms with van der Waals surface area (Å²) in [5, 5.41) is 10.5. The number of anilines is 1. The van der Waals surface area contributed by atoms with Crippen LogP contribution in [0.1, 0.15) is 25.7 Å². The molecule has 1 aliphatic carbocycles. The summed E-state index contributed by atoms with van der Waals surface area (Å²) in [6.45, 7) is 0.448. The monoisotopic (exact) mass is 298 g/mol. The summed E-state index contributed by atoms with van der Waals surface area (Å²) in [5.41, 5.74) is -0.0900. The molecule has 0 saturated heterocycles. The molecule has 112 valence electrons.